The number of rotatable bonds is 7. The predicted octanol–water partition coefficient (Wildman–Crippen LogP) is 5.77. The van der Waals surface area contributed by atoms with Crippen molar-refractivity contribution >= 4 is 55.7 Å². The molecule has 10 heteroatoms. The highest BCUT2D eigenvalue weighted by Crippen LogP contribution is 2.45. The summed E-state index contributed by atoms with van der Waals surface area (Å²) >= 11 is 7.64. The number of amides is 1. The molecule has 1 aliphatic heterocycles. The molecule has 2 aromatic heterocycles. The first-order valence-corrected chi connectivity index (χ1v) is 12.8. The van der Waals surface area contributed by atoms with Gasteiger partial charge < -0.3 is 14.6 Å². The number of thiazole rings is 1. The van der Waals surface area contributed by atoms with Gasteiger partial charge in [0.05, 0.1) is 39.7 Å². The summed E-state index contributed by atoms with van der Waals surface area (Å²) in [5.41, 5.74) is 1.10. The average molecular weight is 536 g/mol. The topological polar surface area (TPSA) is 102 Å². The molecule has 1 N–H and O–H groups in total. The lowest BCUT2D eigenvalue weighted by Crippen LogP contribution is -2.29. The molecule has 37 heavy (non-hydrogen) atoms. The Bertz CT molecular complexity index is 1540. The van der Waals surface area contributed by atoms with Crippen molar-refractivity contribution in [2.75, 3.05) is 18.1 Å². The average Bonchev–Trinajstić information content (AvgIpc) is 3.43. The summed E-state index contributed by atoms with van der Waals surface area (Å²) in [5, 5.41) is 11.9. The maximum Gasteiger partial charge on any atom is 0.301 e. The van der Waals surface area contributed by atoms with Crippen LogP contribution in [0.1, 0.15) is 31.1 Å². The number of ether oxygens (including phenoxy) is 2. The summed E-state index contributed by atoms with van der Waals surface area (Å²) in [6.07, 6.45) is 1.56. The maximum atomic E-state index is 13.4. The van der Waals surface area contributed by atoms with Crippen molar-refractivity contribution in [2.24, 2.45) is 0 Å². The van der Waals surface area contributed by atoms with Crippen LogP contribution < -0.4 is 14.4 Å². The van der Waals surface area contributed by atoms with Gasteiger partial charge in [-0.2, -0.15) is 0 Å². The van der Waals surface area contributed by atoms with E-state index in [1.165, 1.54) is 22.3 Å². The van der Waals surface area contributed by atoms with Crippen LogP contribution in [0.15, 0.2) is 66.4 Å². The number of aromatic nitrogens is 2. The van der Waals surface area contributed by atoms with E-state index < -0.39 is 23.5 Å². The van der Waals surface area contributed by atoms with E-state index in [1.807, 2.05) is 19.9 Å². The third-order valence-corrected chi connectivity index (χ3v) is 7.13. The van der Waals surface area contributed by atoms with Gasteiger partial charge in [-0.15, -0.1) is 0 Å². The Labute approximate surface area is 221 Å². The first-order chi connectivity index (χ1) is 17.9. The quantitative estimate of drug-likeness (QED) is 0.182. The first kappa shape index (κ1) is 24.7. The van der Waals surface area contributed by atoms with Crippen molar-refractivity contribution in [3.05, 3.63) is 82.6 Å². The van der Waals surface area contributed by atoms with Crippen LogP contribution in [0.25, 0.3) is 16.0 Å². The minimum absolute atomic E-state index is 0.131. The molecule has 2 aromatic carbocycles. The highest BCUT2D eigenvalue weighted by atomic mass is 35.5. The van der Waals surface area contributed by atoms with E-state index in [0.717, 1.165) is 4.70 Å². The highest BCUT2D eigenvalue weighted by Gasteiger charge is 2.49. The SMILES string of the molecule is CCOc1ccc(Cl)c(/C(O)=C2\C(=O)C(=O)N(c3nc4ccc(OCC)cc4s3)C2c2ccccn2)c1. The van der Waals surface area contributed by atoms with Crippen molar-refractivity contribution in [3.8, 4) is 11.5 Å². The van der Waals surface area contributed by atoms with Crippen molar-refractivity contribution in [1.82, 2.24) is 9.97 Å². The van der Waals surface area contributed by atoms with Crippen molar-refractivity contribution in [3.63, 3.8) is 0 Å². The Morgan fingerprint density at radius 2 is 1.78 bits per heavy atom. The second-order valence-corrected chi connectivity index (χ2v) is 9.47. The van der Waals surface area contributed by atoms with Gasteiger partial charge in [0.1, 0.15) is 23.3 Å². The Morgan fingerprint density at radius 3 is 2.49 bits per heavy atom. The van der Waals surface area contributed by atoms with E-state index in [9.17, 15) is 14.7 Å². The molecule has 1 atom stereocenters. The number of carbonyl (C=O) groups excluding carboxylic acids is 2. The number of Topliss-reactive ketones (excluding diaryl/α,β-unsaturated/α-hetero) is 1. The van der Waals surface area contributed by atoms with E-state index in [1.54, 1.807) is 48.7 Å². The number of halogens is 1. The summed E-state index contributed by atoms with van der Waals surface area (Å²) in [7, 11) is 0. The van der Waals surface area contributed by atoms with Crippen molar-refractivity contribution in [1.29, 1.82) is 0 Å². The lowest BCUT2D eigenvalue weighted by Gasteiger charge is -2.22. The number of ketones is 1. The fourth-order valence-electron chi connectivity index (χ4n) is 4.19. The molecule has 188 valence electrons. The van der Waals surface area contributed by atoms with Crippen LogP contribution in [0.3, 0.4) is 0 Å². The lowest BCUT2D eigenvalue weighted by atomic mass is 9.98. The molecule has 4 aromatic rings. The zero-order valence-corrected chi connectivity index (χ0v) is 21.5. The predicted molar refractivity (Wildman–Crippen MR) is 142 cm³/mol. The fraction of sp³-hybridized carbons (Fsp3) is 0.185. The van der Waals surface area contributed by atoms with E-state index in [0.29, 0.717) is 41.1 Å². The molecule has 5 rings (SSSR count). The molecule has 1 unspecified atom stereocenters. The summed E-state index contributed by atoms with van der Waals surface area (Å²) < 4.78 is 11.9. The van der Waals surface area contributed by atoms with Gasteiger partial charge in [-0.05, 0) is 62.4 Å². The third-order valence-electron chi connectivity index (χ3n) is 5.78. The number of aliphatic hydroxyl groups excluding tert-OH is 1. The summed E-state index contributed by atoms with van der Waals surface area (Å²) in [6.45, 7) is 4.64. The van der Waals surface area contributed by atoms with Crippen LogP contribution in [-0.4, -0.2) is 40.0 Å². The van der Waals surface area contributed by atoms with E-state index in [2.05, 4.69) is 9.97 Å². The second-order valence-electron chi connectivity index (χ2n) is 8.06. The zero-order chi connectivity index (χ0) is 26.1. The van der Waals surface area contributed by atoms with Crippen LogP contribution in [0.5, 0.6) is 11.5 Å². The number of carbonyl (C=O) groups is 2. The minimum Gasteiger partial charge on any atom is -0.507 e. The summed E-state index contributed by atoms with van der Waals surface area (Å²) in [6, 6.07) is 14.4. The summed E-state index contributed by atoms with van der Waals surface area (Å²) in [5.74, 6) is -0.952. The van der Waals surface area contributed by atoms with E-state index in [-0.39, 0.29) is 16.2 Å². The molecular formula is C27H22ClN3O5S. The molecule has 0 aliphatic carbocycles. The molecule has 8 nitrogen and oxygen atoms in total. The number of fused-ring (bicyclic) bond motifs is 1. The number of aliphatic hydroxyl groups is 1. The van der Waals surface area contributed by atoms with Crippen LogP contribution in [-0.2, 0) is 9.59 Å². The van der Waals surface area contributed by atoms with Crippen LogP contribution in [0.4, 0.5) is 5.13 Å². The monoisotopic (exact) mass is 535 g/mol. The Morgan fingerprint density at radius 1 is 1.05 bits per heavy atom. The maximum absolute atomic E-state index is 13.4. The zero-order valence-electron chi connectivity index (χ0n) is 20.0. The van der Waals surface area contributed by atoms with Gasteiger partial charge >= 0.3 is 5.91 Å². The molecule has 3 heterocycles. The smallest absolute Gasteiger partial charge is 0.301 e. The van der Waals surface area contributed by atoms with Crippen LogP contribution in [0.2, 0.25) is 5.02 Å². The lowest BCUT2D eigenvalue weighted by molar-refractivity contribution is -0.132. The Kier molecular flexibility index (Phi) is 6.82. The number of hydrogen-bond donors (Lipinski definition) is 1. The van der Waals surface area contributed by atoms with Gasteiger partial charge in [-0.1, -0.05) is 29.0 Å². The number of benzene rings is 2. The molecule has 0 spiro atoms. The van der Waals surface area contributed by atoms with Crippen molar-refractivity contribution in [2.45, 2.75) is 19.9 Å². The molecule has 1 aliphatic rings. The number of hydrogen-bond acceptors (Lipinski definition) is 8. The molecular weight excluding hydrogens is 514 g/mol. The first-order valence-electron chi connectivity index (χ1n) is 11.6. The number of nitrogens with zero attached hydrogens (tertiary/aromatic N) is 3. The summed E-state index contributed by atoms with van der Waals surface area (Å²) in [4.78, 5) is 37.1. The van der Waals surface area contributed by atoms with E-state index in [4.69, 9.17) is 21.1 Å². The van der Waals surface area contributed by atoms with Gasteiger partial charge in [0.25, 0.3) is 5.78 Å². The molecule has 0 saturated carbocycles. The standard InChI is InChI=1S/C27H22ClN3O5S/c1-3-35-15-8-10-18(28)17(13-15)24(32)22-23(20-7-5-6-12-29-20)31(26(34)25(22)33)27-30-19-11-9-16(36-4-2)14-21(19)37-27/h5-14,23,32H,3-4H2,1-2H3/b24-22+. The van der Waals surface area contributed by atoms with Gasteiger partial charge in [0, 0.05) is 11.8 Å². The minimum atomic E-state index is -1.01. The normalized spacial score (nSPS) is 16.9. The van der Waals surface area contributed by atoms with Crippen molar-refractivity contribution < 1.29 is 24.2 Å². The van der Waals surface area contributed by atoms with Crippen LogP contribution in [0, 0.1) is 0 Å². The van der Waals surface area contributed by atoms with E-state index >= 15 is 0 Å². The fourth-order valence-corrected chi connectivity index (χ4v) is 5.41. The molecule has 1 fully saturated rings. The Hall–Kier alpha value is -3.95. The Balaban J connectivity index is 1.69. The van der Waals surface area contributed by atoms with Gasteiger partial charge in [-0.25, -0.2) is 4.98 Å². The molecule has 1 amide bonds. The largest absolute Gasteiger partial charge is 0.507 e. The molecule has 0 bridgehead atoms. The molecule has 1 saturated heterocycles. The van der Waals surface area contributed by atoms with Gasteiger partial charge in [0.2, 0.25) is 0 Å². The van der Waals surface area contributed by atoms with Gasteiger partial charge in [0.15, 0.2) is 5.13 Å². The second kappa shape index (κ2) is 10.2. The third kappa shape index (κ3) is 4.52. The highest BCUT2D eigenvalue weighted by molar-refractivity contribution is 7.22. The molecule has 0 radical (unpaired) electrons. The number of anilines is 1. The van der Waals surface area contributed by atoms with Gasteiger partial charge in [-0.3, -0.25) is 19.5 Å². The van der Waals surface area contributed by atoms with Crippen LogP contribution >= 0.6 is 22.9 Å². The number of pyridine rings is 1.